The summed E-state index contributed by atoms with van der Waals surface area (Å²) in [5, 5.41) is 8.38. The van der Waals surface area contributed by atoms with E-state index in [1.807, 2.05) is 0 Å². The number of nitrogens with zero attached hydrogens (tertiary/aromatic N) is 3. The van der Waals surface area contributed by atoms with Crippen LogP contribution in [0, 0.1) is 11.3 Å². The quantitative estimate of drug-likeness (QED) is 0.579. The highest BCUT2D eigenvalue weighted by molar-refractivity contribution is 5.89. The molecule has 1 aromatic heterocycles. The topological polar surface area (TPSA) is 84.7 Å². The van der Waals surface area contributed by atoms with E-state index in [1.54, 1.807) is 13.1 Å². The van der Waals surface area contributed by atoms with E-state index in [4.69, 9.17) is 11.0 Å². The highest BCUT2D eigenvalue weighted by Crippen LogP contribution is 1.97. The summed E-state index contributed by atoms with van der Waals surface area (Å²) in [6.45, 7) is 0. The molecule has 11 heavy (non-hydrogen) atoms. The van der Waals surface area contributed by atoms with Crippen LogP contribution in [0.1, 0.15) is 16.3 Å². The van der Waals surface area contributed by atoms with Crippen molar-refractivity contribution in [2.45, 2.75) is 0 Å². The Labute approximate surface area is 63.1 Å². The minimum absolute atomic E-state index is 0.0987. The summed E-state index contributed by atoms with van der Waals surface area (Å²) in [5.74, 6) is -0.532. The molecular weight excluding hydrogens is 144 g/mol. The highest BCUT2D eigenvalue weighted by atomic mass is 16.1. The van der Waals surface area contributed by atoms with Gasteiger partial charge in [-0.15, -0.1) is 0 Å². The maximum Gasteiger partial charge on any atom is 0.284 e. The number of hydrogen-bond donors (Lipinski definition) is 1. The first-order valence-corrected chi connectivity index (χ1v) is 2.88. The van der Waals surface area contributed by atoms with Crippen molar-refractivity contribution < 1.29 is 4.79 Å². The molecule has 0 atom stereocenters. The molecule has 0 radical (unpaired) electrons. The van der Waals surface area contributed by atoms with Crippen molar-refractivity contribution in [3.05, 3.63) is 17.7 Å². The van der Waals surface area contributed by atoms with Gasteiger partial charge in [-0.2, -0.15) is 5.26 Å². The largest absolute Gasteiger partial charge is 0.363 e. The second-order valence-electron chi connectivity index (χ2n) is 2.04. The number of hydrogen-bond acceptors (Lipinski definition) is 3. The average molecular weight is 150 g/mol. The van der Waals surface area contributed by atoms with Gasteiger partial charge in [-0.1, -0.05) is 0 Å². The lowest BCUT2D eigenvalue weighted by Gasteiger charge is -1.91. The Morgan fingerprint density at radius 1 is 1.91 bits per heavy atom. The summed E-state index contributed by atoms with van der Waals surface area (Å²) in [5.41, 5.74) is 5.15. The first kappa shape index (κ1) is 7.28. The molecule has 5 heteroatoms. The van der Waals surface area contributed by atoms with Gasteiger partial charge in [0.15, 0.2) is 11.5 Å². The van der Waals surface area contributed by atoms with E-state index in [9.17, 15) is 4.79 Å². The molecule has 1 amide bonds. The zero-order chi connectivity index (χ0) is 8.43. The smallest absolute Gasteiger partial charge is 0.284 e. The summed E-state index contributed by atoms with van der Waals surface area (Å²) in [6, 6.07) is 1.80. The minimum Gasteiger partial charge on any atom is -0.363 e. The fourth-order valence-corrected chi connectivity index (χ4v) is 0.749. The molecule has 0 aliphatic rings. The fourth-order valence-electron chi connectivity index (χ4n) is 0.749. The standard InChI is InChI=1S/C6H6N4O/c1-10-3-4(2-7)9-6(10)5(8)11/h3H,1H3,(H2,8,11). The highest BCUT2D eigenvalue weighted by Gasteiger charge is 2.08. The van der Waals surface area contributed by atoms with E-state index in [1.165, 1.54) is 10.8 Å². The van der Waals surface area contributed by atoms with Gasteiger partial charge in [0, 0.05) is 13.2 Å². The van der Waals surface area contributed by atoms with E-state index >= 15 is 0 Å². The van der Waals surface area contributed by atoms with Crippen LogP contribution >= 0.6 is 0 Å². The first-order valence-electron chi connectivity index (χ1n) is 2.88. The van der Waals surface area contributed by atoms with E-state index in [0.29, 0.717) is 0 Å². The predicted molar refractivity (Wildman–Crippen MR) is 36.4 cm³/mol. The molecule has 1 rings (SSSR count). The predicted octanol–water partition coefficient (Wildman–Crippen LogP) is -0.609. The van der Waals surface area contributed by atoms with Crippen LogP contribution in [0.25, 0.3) is 0 Å². The molecule has 56 valence electrons. The van der Waals surface area contributed by atoms with Crippen LogP contribution in [-0.2, 0) is 7.05 Å². The van der Waals surface area contributed by atoms with Crippen molar-refractivity contribution >= 4 is 5.91 Å². The molecule has 0 spiro atoms. The first-order chi connectivity index (χ1) is 5.15. The number of aromatic nitrogens is 2. The number of primary amides is 1. The van der Waals surface area contributed by atoms with Gasteiger partial charge >= 0.3 is 0 Å². The maximum atomic E-state index is 10.6. The summed E-state index contributed by atoms with van der Waals surface area (Å²) in [6.07, 6.45) is 1.44. The van der Waals surface area contributed by atoms with Crippen LogP contribution in [0.2, 0.25) is 0 Å². The molecule has 0 saturated carbocycles. The molecule has 0 aliphatic carbocycles. The molecule has 5 nitrogen and oxygen atoms in total. The van der Waals surface area contributed by atoms with Crippen molar-refractivity contribution in [2.75, 3.05) is 0 Å². The van der Waals surface area contributed by atoms with Gasteiger partial charge in [-0.25, -0.2) is 4.98 Å². The van der Waals surface area contributed by atoms with Crippen molar-refractivity contribution in [1.82, 2.24) is 9.55 Å². The number of carbonyl (C=O) groups excluding carboxylic acids is 1. The minimum atomic E-state index is -0.631. The van der Waals surface area contributed by atoms with E-state index < -0.39 is 5.91 Å². The zero-order valence-corrected chi connectivity index (χ0v) is 5.90. The maximum absolute atomic E-state index is 10.6. The zero-order valence-electron chi connectivity index (χ0n) is 5.90. The number of imidazole rings is 1. The van der Waals surface area contributed by atoms with Gasteiger partial charge in [0.2, 0.25) is 0 Å². The number of carbonyl (C=O) groups is 1. The molecule has 0 aromatic carbocycles. The third-order valence-electron chi connectivity index (χ3n) is 1.21. The van der Waals surface area contributed by atoms with E-state index in [-0.39, 0.29) is 11.5 Å². The number of rotatable bonds is 1. The molecule has 0 saturated heterocycles. The van der Waals surface area contributed by atoms with Crippen LogP contribution < -0.4 is 5.73 Å². The Morgan fingerprint density at radius 2 is 2.55 bits per heavy atom. The molecule has 2 N–H and O–H groups in total. The van der Waals surface area contributed by atoms with Gasteiger partial charge in [0.05, 0.1) is 0 Å². The Morgan fingerprint density at radius 3 is 2.82 bits per heavy atom. The Balaban J connectivity index is 3.20. The second kappa shape index (κ2) is 2.42. The van der Waals surface area contributed by atoms with Crippen LogP contribution in [0.5, 0.6) is 0 Å². The van der Waals surface area contributed by atoms with Crippen LogP contribution in [0.3, 0.4) is 0 Å². The van der Waals surface area contributed by atoms with Crippen LogP contribution in [0.4, 0.5) is 0 Å². The van der Waals surface area contributed by atoms with Gasteiger partial charge in [0.25, 0.3) is 5.91 Å². The second-order valence-corrected chi connectivity index (χ2v) is 2.04. The summed E-state index contributed by atoms with van der Waals surface area (Å²) in [7, 11) is 1.61. The number of nitrogens with two attached hydrogens (primary N) is 1. The Kier molecular flexibility index (Phi) is 1.60. The van der Waals surface area contributed by atoms with E-state index in [0.717, 1.165) is 0 Å². The van der Waals surface area contributed by atoms with Gasteiger partial charge in [-0.05, 0) is 0 Å². The van der Waals surface area contributed by atoms with E-state index in [2.05, 4.69) is 4.98 Å². The molecule has 1 heterocycles. The van der Waals surface area contributed by atoms with Crippen molar-refractivity contribution in [1.29, 1.82) is 5.26 Å². The number of aryl methyl sites for hydroxylation is 1. The lowest BCUT2D eigenvalue weighted by Crippen LogP contribution is -2.16. The average Bonchev–Trinajstić information content (AvgIpc) is 2.30. The lowest BCUT2D eigenvalue weighted by atomic mass is 10.5. The Bertz CT molecular complexity index is 333. The van der Waals surface area contributed by atoms with Crippen molar-refractivity contribution in [2.24, 2.45) is 12.8 Å². The van der Waals surface area contributed by atoms with Gasteiger partial charge < -0.3 is 10.3 Å². The summed E-state index contributed by atoms with van der Waals surface area (Å²) in [4.78, 5) is 14.2. The normalized spacial score (nSPS) is 9.09. The molecule has 1 aromatic rings. The van der Waals surface area contributed by atoms with Gasteiger partial charge in [0.1, 0.15) is 6.07 Å². The molecule has 0 fully saturated rings. The fraction of sp³-hybridized carbons (Fsp3) is 0.167. The van der Waals surface area contributed by atoms with Gasteiger partial charge in [-0.3, -0.25) is 4.79 Å². The molecule has 0 aliphatic heterocycles. The SMILES string of the molecule is Cn1cc(C#N)nc1C(N)=O. The summed E-state index contributed by atoms with van der Waals surface area (Å²) < 4.78 is 1.42. The monoisotopic (exact) mass is 150 g/mol. The Hall–Kier alpha value is -1.83. The van der Waals surface area contributed by atoms with Crippen LogP contribution in [0.15, 0.2) is 6.20 Å². The molecular formula is C6H6N4O. The third-order valence-corrected chi connectivity index (χ3v) is 1.21. The van der Waals surface area contributed by atoms with Crippen LogP contribution in [-0.4, -0.2) is 15.5 Å². The number of nitriles is 1. The summed E-state index contributed by atoms with van der Waals surface area (Å²) >= 11 is 0. The third kappa shape index (κ3) is 1.19. The lowest BCUT2D eigenvalue weighted by molar-refractivity contribution is 0.0987. The molecule has 0 bridgehead atoms. The molecule has 0 unspecified atom stereocenters. The van der Waals surface area contributed by atoms with Crippen molar-refractivity contribution in [3.63, 3.8) is 0 Å². The number of amides is 1. The van der Waals surface area contributed by atoms with Crippen molar-refractivity contribution in [3.8, 4) is 6.07 Å².